The third kappa shape index (κ3) is 4.91. The summed E-state index contributed by atoms with van der Waals surface area (Å²) in [7, 11) is 1.47. The number of likely N-dealkylation sites (N-methyl/N-ethyl adjacent to an activating group) is 1. The van der Waals surface area contributed by atoms with E-state index in [0.717, 1.165) is 4.90 Å². The number of hydrogen-bond donors (Lipinski definition) is 0. The van der Waals surface area contributed by atoms with Crippen LogP contribution in [0.5, 0.6) is 5.75 Å². The third-order valence-corrected chi connectivity index (χ3v) is 2.74. The zero-order valence-electron chi connectivity index (χ0n) is 13.6. The van der Waals surface area contributed by atoms with Crippen LogP contribution in [0.2, 0.25) is 0 Å². The molecule has 0 atom stereocenters. The predicted molar refractivity (Wildman–Crippen MR) is 84.0 cm³/mol. The highest BCUT2D eigenvalue weighted by molar-refractivity contribution is 5.81. The van der Waals surface area contributed by atoms with Gasteiger partial charge in [-0.05, 0) is 32.9 Å². The van der Waals surface area contributed by atoms with Gasteiger partial charge in [0.2, 0.25) is 0 Å². The van der Waals surface area contributed by atoms with E-state index < -0.39 is 17.7 Å². The highest BCUT2D eigenvalue weighted by Crippen LogP contribution is 2.17. The number of nitrogens with zero attached hydrogens (tertiary/aromatic N) is 3. The van der Waals surface area contributed by atoms with Gasteiger partial charge in [0.25, 0.3) is 0 Å². The second-order valence-electron chi connectivity index (χ2n) is 6.02. The summed E-state index contributed by atoms with van der Waals surface area (Å²) in [5.41, 5.74) is 0.711. The van der Waals surface area contributed by atoms with Crippen molar-refractivity contribution in [3.63, 3.8) is 0 Å². The van der Waals surface area contributed by atoms with Crippen molar-refractivity contribution in [2.75, 3.05) is 13.6 Å². The van der Waals surface area contributed by atoms with Gasteiger partial charge >= 0.3 is 12.1 Å². The SMILES string of the molecule is CN(CC(=O)Oc1ccc2nccnc2c1)C(=O)OC(C)(C)C. The molecule has 0 aliphatic rings. The Bertz CT molecular complexity index is 725. The fourth-order valence-electron chi connectivity index (χ4n) is 1.77. The van der Waals surface area contributed by atoms with E-state index in [0.29, 0.717) is 16.8 Å². The lowest BCUT2D eigenvalue weighted by Crippen LogP contribution is -2.38. The Kier molecular flexibility index (Phi) is 4.78. The van der Waals surface area contributed by atoms with Crippen LogP contribution < -0.4 is 4.74 Å². The van der Waals surface area contributed by atoms with E-state index in [2.05, 4.69) is 9.97 Å². The number of fused-ring (bicyclic) bond motifs is 1. The van der Waals surface area contributed by atoms with Crippen LogP contribution >= 0.6 is 0 Å². The van der Waals surface area contributed by atoms with Crippen LogP contribution in [0.3, 0.4) is 0 Å². The number of carbonyl (C=O) groups excluding carboxylic acids is 2. The lowest BCUT2D eigenvalue weighted by Gasteiger charge is -2.24. The first kappa shape index (κ1) is 16.7. The number of amides is 1. The number of carbonyl (C=O) groups is 2. The third-order valence-electron chi connectivity index (χ3n) is 2.74. The molecule has 0 N–H and O–H groups in total. The highest BCUT2D eigenvalue weighted by atomic mass is 16.6. The topological polar surface area (TPSA) is 81.6 Å². The maximum atomic E-state index is 11.9. The summed E-state index contributed by atoms with van der Waals surface area (Å²) < 4.78 is 10.4. The van der Waals surface area contributed by atoms with E-state index in [-0.39, 0.29) is 6.54 Å². The molecule has 0 saturated carbocycles. The second kappa shape index (κ2) is 6.60. The van der Waals surface area contributed by atoms with Crippen molar-refractivity contribution in [3.05, 3.63) is 30.6 Å². The van der Waals surface area contributed by atoms with Crippen molar-refractivity contribution in [3.8, 4) is 5.75 Å². The molecule has 0 aliphatic carbocycles. The van der Waals surface area contributed by atoms with Crippen molar-refractivity contribution >= 4 is 23.1 Å². The molecule has 2 rings (SSSR count). The van der Waals surface area contributed by atoms with Crippen LogP contribution in [0.4, 0.5) is 4.79 Å². The molecule has 1 aromatic heterocycles. The predicted octanol–water partition coefficient (Wildman–Crippen LogP) is 2.40. The molecule has 0 bridgehead atoms. The molecule has 0 saturated heterocycles. The summed E-state index contributed by atoms with van der Waals surface area (Å²) in [6, 6.07) is 4.96. The Morgan fingerprint density at radius 1 is 1.13 bits per heavy atom. The first-order valence-corrected chi connectivity index (χ1v) is 7.10. The van der Waals surface area contributed by atoms with Gasteiger partial charge in [-0.3, -0.25) is 9.97 Å². The lowest BCUT2D eigenvalue weighted by molar-refractivity contribution is -0.135. The molecule has 1 aromatic carbocycles. The van der Waals surface area contributed by atoms with E-state index in [1.54, 1.807) is 51.4 Å². The minimum atomic E-state index is -0.619. The molecule has 23 heavy (non-hydrogen) atoms. The summed E-state index contributed by atoms with van der Waals surface area (Å²) >= 11 is 0. The second-order valence-corrected chi connectivity index (χ2v) is 6.02. The van der Waals surface area contributed by atoms with Gasteiger partial charge in [-0.1, -0.05) is 0 Å². The number of hydrogen-bond acceptors (Lipinski definition) is 6. The average Bonchev–Trinajstić information content (AvgIpc) is 2.45. The minimum absolute atomic E-state index is 0.215. The van der Waals surface area contributed by atoms with Crippen LogP contribution in [-0.2, 0) is 9.53 Å². The van der Waals surface area contributed by atoms with Crippen LogP contribution in [0.1, 0.15) is 20.8 Å². The summed E-state index contributed by atoms with van der Waals surface area (Å²) in [5, 5.41) is 0. The fourth-order valence-corrected chi connectivity index (χ4v) is 1.77. The monoisotopic (exact) mass is 317 g/mol. The molecule has 7 heteroatoms. The van der Waals surface area contributed by atoms with Gasteiger partial charge in [-0.15, -0.1) is 0 Å². The molecule has 0 fully saturated rings. The molecule has 122 valence electrons. The number of aromatic nitrogens is 2. The van der Waals surface area contributed by atoms with Crippen LogP contribution in [0, 0.1) is 0 Å². The van der Waals surface area contributed by atoms with Crippen LogP contribution in [-0.4, -0.2) is 46.1 Å². The molecule has 2 aromatic rings. The van der Waals surface area contributed by atoms with Crippen molar-refractivity contribution < 1.29 is 19.1 Å². The van der Waals surface area contributed by atoms with Gasteiger partial charge in [0.15, 0.2) is 0 Å². The normalized spacial score (nSPS) is 11.1. The molecule has 1 amide bonds. The largest absolute Gasteiger partial charge is 0.444 e. The Morgan fingerprint density at radius 2 is 1.78 bits per heavy atom. The van der Waals surface area contributed by atoms with Gasteiger partial charge in [0.05, 0.1) is 11.0 Å². The number of ether oxygens (including phenoxy) is 2. The maximum Gasteiger partial charge on any atom is 0.410 e. The summed E-state index contributed by atoms with van der Waals surface area (Å²) in [4.78, 5) is 33.2. The molecule has 0 unspecified atom stereocenters. The smallest absolute Gasteiger partial charge is 0.410 e. The standard InChI is InChI=1S/C16H19N3O4/c1-16(2,3)23-15(21)19(4)10-14(20)22-11-5-6-12-13(9-11)18-8-7-17-12/h5-9H,10H2,1-4H3. The molecular weight excluding hydrogens is 298 g/mol. The van der Waals surface area contributed by atoms with Crippen molar-refractivity contribution in [1.29, 1.82) is 0 Å². The number of rotatable bonds is 3. The van der Waals surface area contributed by atoms with Crippen LogP contribution in [0.25, 0.3) is 11.0 Å². The van der Waals surface area contributed by atoms with E-state index in [4.69, 9.17) is 9.47 Å². The molecule has 0 spiro atoms. The average molecular weight is 317 g/mol. The maximum absolute atomic E-state index is 11.9. The minimum Gasteiger partial charge on any atom is -0.444 e. The number of esters is 1. The van der Waals surface area contributed by atoms with Gasteiger partial charge < -0.3 is 14.4 Å². The van der Waals surface area contributed by atoms with Crippen molar-refractivity contribution in [2.24, 2.45) is 0 Å². The Balaban J connectivity index is 1.96. The first-order valence-electron chi connectivity index (χ1n) is 7.10. The van der Waals surface area contributed by atoms with E-state index in [1.807, 2.05) is 0 Å². The Labute approximate surface area is 134 Å². The van der Waals surface area contributed by atoms with E-state index >= 15 is 0 Å². The molecular formula is C16H19N3O4. The zero-order valence-corrected chi connectivity index (χ0v) is 13.6. The zero-order chi connectivity index (χ0) is 17.0. The van der Waals surface area contributed by atoms with Crippen molar-refractivity contribution in [2.45, 2.75) is 26.4 Å². The van der Waals surface area contributed by atoms with Gasteiger partial charge in [-0.2, -0.15) is 0 Å². The quantitative estimate of drug-likeness (QED) is 0.638. The van der Waals surface area contributed by atoms with Gasteiger partial charge in [0.1, 0.15) is 17.9 Å². The van der Waals surface area contributed by atoms with Gasteiger partial charge in [-0.25, -0.2) is 9.59 Å². The number of benzene rings is 1. The van der Waals surface area contributed by atoms with Crippen molar-refractivity contribution in [1.82, 2.24) is 14.9 Å². The van der Waals surface area contributed by atoms with E-state index in [9.17, 15) is 9.59 Å². The molecule has 0 aliphatic heterocycles. The first-order chi connectivity index (χ1) is 10.7. The summed E-state index contributed by atoms with van der Waals surface area (Å²) in [6.45, 7) is 5.06. The summed E-state index contributed by atoms with van der Waals surface area (Å²) in [5.74, 6) is -0.220. The fraction of sp³-hybridized carbons (Fsp3) is 0.375. The Hall–Kier alpha value is -2.70. The molecule has 0 radical (unpaired) electrons. The molecule has 1 heterocycles. The van der Waals surface area contributed by atoms with E-state index in [1.165, 1.54) is 7.05 Å². The highest BCUT2D eigenvalue weighted by Gasteiger charge is 2.21. The lowest BCUT2D eigenvalue weighted by atomic mass is 10.2. The summed E-state index contributed by atoms with van der Waals surface area (Å²) in [6.07, 6.45) is 2.56. The Morgan fingerprint density at radius 3 is 2.43 bits per heavy atom. The van der Waals surface area contributed by atoms with Gasteiger partial charge in [0, 0.05) is 25.5 Å². The van der Waals surface area contributed by atoms with Crippen LogP contribution in [0.15, 0.2) is 30.6 Å². The molecule has 7 nitrogen and oxygen atoms in total.